The molecule has 0 aliphatic heterocycles. The summed E-state index contributed by atoms with van der Waals surface area (Å²) in [5.74, 6) is -0.718. The first kappa shape index (κ1) is 12.9. The van der Waals surface area contributed by atoms with Crippen LogP contribution in [-0.2, 0) is 0 Å². The lowest BCUT2D eigenvalue weighted by molar-refractivity contribution is 0.0695. The minimum atomic E-state index is -1.02. The Morgan fingerprint density at radius 1 is 1.21 bits per heavy atom. The van der Waals surface area contributed by atoms with Crippen molar-refractivity contribution in [2.45, 2.75) is 13.8 Å². The number of furan rings is 1. The lowest BCUT2D eigenvalue weighted by Gasteiger charge is -2.06. The molecule has 2 N–H and O–H groups in total. The fraction of sp³-hybridized carbons (Fsp3) is 0.143. The van der Waals surface area contributed by atoms with Crippen molar-refractivity contribution in [2.24, 2.45) is 0 Å². The van der Waals surface area contributed by atoms with Gasteiger partial charge in [0.25, 0.3) is 5.91 Å². The molecule has 1 heterocycles. The maximum atomic E-state index is 11.9. The topological polar surface area (TPSA) is 79.5 Å². The van der Waals surface area contributed by atoms with Crippen LogP contribution in [0, 0.1) is 13.8 Å². The molecule has 2 aromatic rings. The number of aromatic carboxylic acids is 1. The van der Waals surface area contributed by atoms with Crippen LogP contribution in [0.15, 0.2) is 34.9 Å². The Labute approximate surface area is 109 Å². The summed E-state index contributed by atoms with van der Waals surface area (Å²) >= 11 is 0. The molecule has 98 valence electrons. The first-order chi connectivity index (χ1) is 8.97. The zero-order valence-corrected chi connectivity index (χ0v) is 10.6. The standard InChI is InChI=1S/C14H13NO4/c1-8-3-4-11(6-12(8)14(17)18)15-13(16)10-5-9(2)19-7-10/h3-7H,1-2H3,(H,15,16)(H,17,18). The first-order valence-electron chi connectivity index (χ1n) is 5.68. The van der Waals surface area contributed by atoms with Gasteiger partial charge in [-0.05, 0) is 37.6 Å². The predicted octanol–water partition coefficient (Wildman–Crippen LogP) is 2.85. The summed E-state index contributed by atoms with van der Waals surface area (Å²) in [6.07, 6.45) is 1.36. The Morgan fingerprint density at radius 3 is 2.53 bits per heavy atom. The largest absolute Gasteiger partial charge is 0.478 e. The van der Waals surface area contributed by atoms with Crippen LogP contribution in [0.3, 0.4) is 0 Å². The molecule has 5 heteroatoms. The van der Waals surface area contributed by atoms with Crippen LogP contribution >= 0.6 is 0 Å². The number of carboxylic acids is 1. The van der Waals surface area contributed by atoms with Crippen LogP contribution in [0.5, 0.6) is 0 Å². The van der Waals surface area contributed by atoms with Gasteiger partial charge in [0.15, 0.2) is 0 Å². The third-order valence-electron chi connectivity index (χ3n) is 2.72. The second-order valence-corrected chi connectivity index (χ2v) is 4.24. The molecule has 0 atom stereocenters. The van der Waals surface area contributed by atoms with Crippen molar-refractivity contribution in [3.05, 3.63) is 53.0 Å². The Bertz CT molecular complexity index is 643. The molecule has 1 aromatic carbocycles. The van der Waals surface area contributed by atoms with Gasteiger partial charge in [-0.1, -0.05) is 6.07 Å². The Kier molecular flexibility index (Phi) is 3.37. The van der Waals surface area contributed by atoms with Crippen molar-refractivity contribution in [2.75, 3.05) is 5.32 Å². The molecular weight excluding hydrogens is 246 g/mol. The van der Waals surface area contributed by atoms with E-state index >= 15 is 0 Å². The zero-order chi connectivity index (χ0) is 14.0. The third kappa shape index (κ3) is 2.82. The SMILES string of the molecule is Cc1cc(C(=O)Nc2ccc(C)c(C(=O)O)c2)co1. The van der Waals surface area contributed by atoms with Crippen molar-refractivity contribution in [3.8, 4) is 0 Å². The van der Waals surface area contributed by atoms with E-state index < -0.39 is 5.97 Å². The van der Waals surface area contributed by atoms with Gasteiger partial charge in [-0.3, -0.25) is 4.79 Å². The molecule has 0 unspecified atom stereocenters. The number of carboxylic acid groups (broad SMARTS) is 1. The summed E-state index contributed by atoms with van der Waals surface area (Å²) < 4.78 is 5.05. The molecule has 0 spiro atoms. The summed E-state index contributed by atoms with van der Waals surface area (Å²) in [6, 6.07) is 6.36. The molecule has 0 aliphatic carbocycles. The van der Waals surface area contributed by atoms with Crippen molar-refractivity contribution in [1.29, 1.82) is 0 Å². The van der Waals surface area contributed by atoms with E-state index in [1.54, 1.807) is 32.0 Å². The van der Waals surface area contributed by atoms with E-state index in [1.807, 2.05) is 0 Å². The van der Waals surface area contributed by atoms with Gasteiger partial charge in [-0.15, -0.1) is 0 Å². The van der Waals surface area contributed by atoms with Crippen molar-refractivity contribution < 1.29 is 19.1 Å². The van der Waals surface area contributed by atoms with E-state index in [-0.39, 0.29) is 11.5 Å². The van der Waals surface area contributed by atoms with Crippen LogP contribution in [-0.4, -0.2) is 17.0 Å². The van der Waals surface area contributed by atoms with Gasteiger partial charge in [0.2, 0.25) is 0 Å². The van der Waals surface area contributed by atoms with Gasteiger partial charge in [0.05, 0.1) is 11.1 Å². The average Bonchev–Trinajstić information content (AvgIpc) is 2.78. The lowest BCUT2D eigenvalue weighted by atomic mass is 10.1. The minimum absolute atomic E-state index is 0.168. The summed E-state index contributed by atoms with van der Waals surface area (Å²) in [5, 5.41) is 11.6. The van der Waals surface area contributed by atoms with Crippen molar-refractivity contribution in [1.82, 2.24) is 0 Å². The highest BCUT2D eigenvalue weighted by molar-refractivity contribution is 6.04. The number of hydrogen-bond donors (Lipinski definition) is 2. The molecule has 5 nitrogen and oxygen atoms in total. The highest BCUT2D eigenvalue weighted by Crippen LogP contribution is 2.17. The smallest absolute Gasteiger partial charge is 0.336 e. The number of hydrogen-bond acceptors (Lipinski definition) is 3. The molecule has 1 aromatic heterocycles. The number of nitrogens with one attached hydrogen (secondary N) is 1. The van der Waals surface area contributed by atoms with Gasteiger partial charge in [0, 0.05) is 5.69 Å². The summed E-state index contributed by atoms with van der Waals surface area (Å²) in [5.41, 5.74) is 1.65. The summed E-state index contributed by atoms with van der Waals surface area (Å²) in [7, 11) is 0. The van der Waals surface area contributed by atoms with Gasteiger partial charge in [-0.25, -0.2) is 4.79 Å². The van der Waals surface area contributed by atoms with Crippen LogP contribution in [0.2, 0.25) is 0 Å². The maximum Gasteiger partial charge on any atom is 0.336 e. The molecular formula is C14H13NO4. The minimum Gasteiger partial charge on any atom is -0.478 e. The van der Waals surface area contributed by atoms with Crippen LogP contribution in [0.4, 0.5) is 5.69 Å². The Morgan fingerprint density at radius 2 is 1.95 bits per heavy atom. The molecule has 0 saturated carbocycles. The second kappa shape index (κ2) is 4.97. The normalized spacial score (nSPS) is 10.2. The second-order valence-electron chi connectivity index (χ2n) is 4.24. The van der Waals surface area contributed by atoms with E-state index in [0.29, 0.717) is 22.6 Å². The van der Waals surface area contributed by atoms with E-state index in [0.717, 1.165) is 0 Å². The quantitative estimate of drug-likeness (QED) is 0.888. The monoisotopic (exact) mass is 259 g/mol. The molecule has 19 heavy (non-hydrogen) atoms. The maximum absolute atomic E-state index is 11.9. The molecule has 0 saturated heterocycles. The Balaban J connectivity index is 2.22. The van der Waals surface area contributed by atoms with Gasteiger partial charge in [0.1, 0.15) is 12.0 Å². The predicted molar refractivity (Wildman–Crippen MR) is 69.5 cm³/mol. The van der Waals surface area contributed by atoms with Gasteiger partial charge < -0.3 is 14.8 Å². The van der Waals surface area contributed by atoms with E-state index in [4.69, 9.17) is 9.52 Å². The first-order valence-corrected chi connectivity index (χ1v) is 5.68. The van der Waals surface area contributed by atoms with E-state index in [1.165, 1.54) is 12.3 Å². The fourth-order valence-electron chi connectivity index (χ4n) is 1.70. The lowest BCUT2D eigenvalue weighted by Crippen LogP contribution is -2.12. The number of carbonyl (C=O) groups excluding carboxylic acids is 1. The third-order valence-corrected chi connectivity index (χ3v) is 2.72. The van der Waals surface area contributed by atoms with E-state index in [2.05, 4.69) is 5.32 Å². The molecule has 0 aliphatic rings. The Hall–Kier alpha value is -2.56. The zero-order valence-electron chi connectivity index (χ0n) is 10.6. The molecule has 2 rings (SSSR count). The number of anilines is 1. The fourth-order valence-corrected chi connectivity index (χ4v) is 1.70. The molecule has 0 bridgehead atoms. The van der Waals surface area contributed by atoms with Gasteiger partial charge >= 0.3 is 5.97 Å². The van der Waals surface area contributed by atoms with Crippen molar-refractivity contribution in [3.63, 3.8) is 0 Å². The number of rotatable bonds is 3. The number of aryl methyl sites for hydroxylation is 2. The highest BCUT2D eigenvalue weighted by Gasteiger charge is 2.12. The average molecular weight is 259 g/mol. The molecule has 0 fully saturated rings. The molecule has 1 amide bonds. The van der Waals surface area contributed by atoms with Crippen LogP contribution in [0.1, 0.15) is 32.0 Å². The number of amides is 1. The summed E-state index contributed by atoms with van der Waals surface area (Å²) in [4.78, 5) is 22.9. The van der Waals surface area contributed by atoms with Crippen LogP contribution < -0.4 is 5.32 Å². The van der Waals surface area contributed by atoms with Crippen molar-refractivity contribution >= 4 is 17.6 Å². The highest BCUT2D eigenvalue weighted by atomic mass is 16.4. The van der Waals surface area contributed by atoms with E-state index in [9.17, 15) is 9.59 Å². The summed E-state index contributed by atoms with van der Waals surface area (Å²) in [6.45, 7) is 3.44. The molecule has 0 radical (unpaired) electrons. The van der Waals surface area contributed by atoms with Crippen LogP contribution in [0.25, 0.3) is 0 Å². The number of benzene rings is 1. The van der Waals surface area contributed by atoms with Gasteiger partial charge in [-0.2, -0.15) is 0 Å². The number of carbonyl (C=O) groups is 2.